The van der Waals surface area contributed by atoms with E-state index in [1.54, 1.807) is 0 Å². The molecule has 1 fully saturated rings. The minimum Gasteiger partial charge on any atom is -0.481 e. The molecule has 0 unspecified atom stereocenters. The standard InChI is InChI=1S/C14H15BrFNO3/c15-11-7-8(5-6-12(11)16)17-13(18)9-3-1-2-4-10(9)14(19)20/h5-7,9-10H,1-4H2,(H,17,18)(H,19,20)/t9-,10+/m1/s1. The Bertz CT molecular complexity index is 535. The van der Waals surface area contributed by atoms with E-state index in [1.165, 1.54) is 18.2 Å². The second-order valence-corrected chi connectivity index (χ2v) is 5.81. The fraction of sp³-hybridized carbons (Fsp3) is 0.429. The van der Waals surface area contributed by atoms with Gasteiger partial charge in [-0.05, 0) is 47.0 Å². The summed E-state index contributed by atoms with van der Waals surface area (Å²) in [5.41, 5.74) is 0.456. The summed E-state index contributed by atoms with van der Waals surface area (Å²) in [6.07, 6.45) is 2.80. The van der Waals surface area contributed by atoms with E-state index in [0.717, 1.165) is 12.8 Å². The van der Waals surface area contributed by atoms with Crippen molar-refractivity contribution in [2.45, 2.75) is 25.7 Å². The average molecular weight is 344 g/mol. The summed E-state index contributed by atoms with van der Waals surface area (Å²) < 4.78 is 13.4. The third kappa shape index (κ3) is 3.36. The van der Waals surface area contributed by atoms with Crippen LogP contribution in [0.15, 0.2) is 22.7 Å². The Labute approximate surface area is 124 Å². The van der Waals surface area contributed by atoms with E-state index >= 15 is 0 Å². The molecule has 4 nitrogen and oxygen atoms in total. The van der Waals surface area contributed by atoms with Gasteiger partial charge in [0.1, 0.15) is 5.82 Å². The van der Waals surface area contributed by atoms with E-state index in [4.69, 9.17) is 5.11 Å². The first-order valence-corrected chi connectivity index (χ1v) is 7.27. The third-order valence-electron chi connectivity index (χ3n) is 3.61. The fourth-order valence-corrected chi connectivity index (χ4v) is 2.93. The molecule has 20 heavy (non-hydrogen) atoms. The van der Waals surface area contributed by atoms with Gasteiger partial charge < -0.3 is 10.4 Å². The Morgan fingerprint density at radius 3 is 2.50 bits per heavy atom. The number of carboxylic acid groups (broad SMARTS) is 1. The number of carbonyl (C=O) groups excluding carboxylic acids is 1. The highest BCUT2D eigenvalue weighted by molar-refractivity contribution is 9.10. The molecular formula is C14H15BrFNO3. The Morgan fingerprint density at radius 2 is 1.90 bits per heavy atom. The Morgan fingerprint density at radius 1 is 1.25 bits per heavy atom. The van der Waals surface area contributed by atoms with Crippen molar-refractivity contribution in [2.24, 2.45) is 11.8 Å². The van der Waals surface area contributed by atoms with E-state index < -0.39 is 23.6 Å². The smallest absolute Gasteiger partial charge is 0.307 e. The molecule has 0 saturated heterocycles. The van der Waals surface area contributed by atoms with Gasteiger partial charge in [0.15, 0.2) is 0 Å². The first kappa shape index (κ1) is 15.0. The largest absolute Gasteiger partial charge is 0.481 e. The quantitative estimate of drug-likeness (QED) is 0.883. The van der Waals surface area contributed by atoms with Crippen LogP contribution in [0.3, 0.4) is 0 Å². The number of halogens is 2. The lowest BCUT2D eigenvalue weighted by atomic mass is 9.78. The van der Waals surface area contributed by atoms with Crippen LogP contribution >= 0.6 is 15.9 Å². The zero-order valence-electron chi connectivity index (χ0n) is 10.7. The van der Waals surface area contributed by atoms with Crippen LogP contribution in [0.5, 0.6) is 0 Å². The van der Waals surface area contributed by atoms with E-state index in [1.807, 2.05) is 0 Å². The van der Waals surface area contributed by atoms with E-state index in [9.17, 15) is 14.0 Å². The number of anilines is 1. The highest BCUT2D eigenvalue weighted by Crippen LogP contribution is 2.31. The van der Waals surface area contributed by atoms with Crippen molar-refractivity contribution in [1.82, 2.24) is 0 Å². The Kier molecular flexibility index (Phi) is 4.75. The van der Waals surface area contributed by atoms with E-state index in [0.29, 0.717) is 18.5 Å². The lowest BCUT2D eigenvalue weighted by molar-refractivity contribution is -0.147. The molecule has 2 N–H and O–H groups in total. The van der Waals surface area contributed by atoms with Crippen LogP contribution in [-0.4, -0.2) is 17.0 Å². The van der Waals surface area contributed by atoms with Crippen LogP contribution in [0.4, 0.5) is 10.1 Å². The van der Waals surface area contributed by atoms with Crippen LogP contribution in [0.25, 0.3) is 0 Å². The van der Waals surface area contributed by atoms with Crippen molar-refractivity contribution in [3.05, 3.63) is 28.5 Å². The minimum absolute atomic E-state index is 0.258. The summed E-state index contributed by atoms with van der Waals surface area (Å²) in [5, 5.41) is 11.8. The molecule has 0 aromatic heterocycles. The summed E-state index contributed by atoms with van der Waals surface area (Å²) in [5.74, 6) is -2.80. The first-order valence-electron chi connectivity index (χ1n) is 6.48. The monoisotopic (exact) mass is 343 g/mol. The topological polar surface area (TPSA) is 66.4 Å². The maximum Gasteiger partial charge on any atom is 0.307 e. The number of amides is 1. The predicted octanol–water partition coefficient (Wildman–Crippen LogP) is 3.42. The van der Waals surface area contributed by atoms with Crippen LogP contribution < -0.4 is 5.32 Å². The van der Waals surface area contributed by atoms with Gasteiger partial charge in [0, 0.05) is 5.69 Å². The average Bonchev–Trinajstić information content (AvgIpc) is 2.43. The summed E-state index contributed by atoms with van der Waals surface area (Å²) in [7, 11) is 0. The van der Waals surface area contributed by atoms with Crippen molar-refractivity contribution in [2.75, 3.05) is 5.32 Å². The van der Waals surface area contributed by atoms with Gasteiger partial charge in [0.25, 0.3) is 0 Å². The molecule has 1 aromatic carbocycles. The number of nitrogens with one attached hydrogen (secondary N) is 1. The van der Waals surface area contributed by atoms with Gasteiger partial charge >= 0.3 is 5.97 Å². The molecule has 0 aliphatic heterocycles. The van der Waals surface area contributed by atoms with Crippen molar-refractivity contribution in [3.8, 4) is 0 Å². The second-order valence-electron chi connectivity index (χ2n) is 4.95. The van der Waals surface area contributed by atoms with Crippen LogP contribution in [-0.2, 0) is 9.59 Å². The minimum atomic E-state index is -0.926. The maximum atomic E-state index is 13.1. The Balaban J connectivity index is 2.09. The third-order valence-corrected chi connectivity index (χ3v) is 4.21. The number of benzene rings is 1. The van der Waals surface area contributed by atoms with E-state index in [-0.39, 0.29) is 10.4 Å². The van der Waals surface area contributed by atoms with Gasteiger partial charge in [-0.15, -0.1) is 0 Å². The Hall–Kier alpha value is -1.43. The summed E-state index contributed by atoms with van der Waals surface area (Å²) in [6.45, 7) is 0. The molecule has 1 aromatic rings. The normalized spacial score (nSPS) is 22.3. The molecule has 0 heterocycles. The number of rotatable bonds is 3. The van der Waals surface area contributed by atoms with Crippen LogP contribution in [0, 0.1) is 17.7 Å². The summed E-state index contributed by atoms with van der Waals surface area (Å²) >= 11 is 3.05. The molecule has 1 amide bonds. The van der Waals surface area contributed by atoms with Gasteiger partial charge in [-0.2, -0.15) is 0 Å². The summed E-state index contributed by atoms with van der Waals surface area (Å²) in [6, 6.07) is 4.16. The van der Waals surface area contributed by atoms with E-state index in [2.05, 4.69) is 21.2 Å². The SMILES string of the molecule is O=C(O)[C@H]1CCCC[C@H]1C(=O)Nc1ccc(F)c(Br)c1. The molecule has 0 radical (unpaired) electrons. The highest BCUT2D eigenvalue weighted by atomic mass is 79.9. The van der Waals surface area contributed by atoms with Crippen LogP contribution in [0.2, 0.25) is 0 Å². The zero-order chi connectivity index (χ0) is 14.7. The van der Waals surface area contributed by atoms with Crippen molar-refractivity contribution in [3.63, 3.8) is 0 Å². The molecular weight excluding hydrogens is 329 g/mol. The molecule has 0 spiro atoms. The molecule has 1 aliphatic rings. The molecule has 0 bridgehead atoms. The van der Waals surface area contributed by atoms with Gasteiger partial charge in [-0.1, -0.05) is 12.8 Å². The lowest BCUT2D eigenvalue weighted by Gasteiger charge is -2.27. The zero-order valence-corrected chi connectivity index (χ0v) is 12.3. The van der Waals surface area contributed by atoms with Crippen molar-refractivity contribution in [1.29, 1.82) is 0 Å². The van der Waals surface area contributed by atoms with Crippen LogP contribution in [0.1, 0.15) is 25.7 Å². The lowest BCUT2D eigenvalue weighted by Crippen LogP contribution is -2.36. The molecule has 2 rings (SSSR count). The van der Waals surface area contributed by atoms with Gasteiger partial charge in [-0.3, -0.25) is 9.59 Å². The first-order chi connectivity index (χ1) is 9.49. The molecule has 108 valence electrons. The number of hydrogen-bond donors (Lipinski definition) is 2. The van der Waals surface area contributed by atoms with Crippen molar-refractivity contribution >= 4 is 33.5 Å². The second kappa shape index (κ2) is 6.35. The number of carbonyl (C=O) groups is 2. The van der Waals surface area contributed by atoms with Gasteiger partial charge in [0.2, 0.25) is 5.91 Å². The molecule has 2 atom stereocenters. The number of aliphatic carboxylic acids is 1. The number of hydrogen-bond acceptors (Lipinski definition) is 2. The predicted molar refractivity (Wildman–Crippen MR) is 75.8 cm³/mol. The van der Waals surface area contributed by atoms with Crippen molar-refractivity contribution < 1.29 is 19.1 Å². The fourth-order valence-electron chi connectivity index (χ4n) is 2.55. The number of carboxylic acids is 1. The molecule has 6 heteroatoms. The molecule has 1 aliphatic carbocycles. The van der Waals surface area contributed by atoms with Gasteiger partial charge in [0.05, 0.1) is 16.3 Å². The van der Waals surface area contributed by atoms with Gasteiger partial charge in [-0.25, -0.2) is 4.39 Å². The summed E-state index contributed by atoms with van der Waals surface area (Å²) in [4.78, 5) is 23.4. The highest BCUT2D eigenvalue weighted by Gasteiger charge is 2.35. The maximum absolute atomic E-state index is 13.1. The molecule has 1 saturated carbocycles.